The zero-order valence-electron chi connectivity index (χ0n) is 10.9. The Bertz CT molecular complexity index is 562. The van der Waals surface area contributed by atoms with Crippen LogP contribution in [0.5, 0.6) is 0 Å². The van der Waals surface area contributed by atoms with Crippen LogP contribution >= 0.6 is 0 Å². The highest BCUT2D eigenvalue weighted by Crippen LogP contribution is 2.13. The molecule has 1 aromatic carbocycles. The van der Waals surface area contributed by atoms with Crippen molar-refractivity contribution in [1.82, 2.24) is 10.2 Å². The molecule has 0 radical (unpaired) electrons. The van der Waals surface area contributed by atoms with Gasteiger partial charge < -0.3 is 11.1 Å². The summed E-state index contributed by atoms with van der Waals surface area (Å²) in [6.45, 7) is 2.54. The number of aromatic nitrogens is 2. The molecule has 0 saturated heterocycles. The number of hydrogen-bond donors (Lipinski definition) is 3. The second kappa shape index (κ2) is 6.15. The van der Waals surface area contributed by atoms with Gasteiger partial charge in [-0.1, -0.05) is 25.1 Å². The zero-order valence-corrected chi connectivity index (χ0v) is 10.9. The third-order valence-electron chi connectivity index (χ3n) is 2.93. The minimum absolute atomic E-state index is 0.154. The van der Waals surface area contributed by atoms with Crippen molar-refractivity contribution in [3.8, 4) is 0 Å². The maximum absolute atomic E-state index is 12.2. The molecule has 5 nitrogen and oxygen atoms in total. The van der Waals surface area contributed by atoms with E-state index in [-0.39, 0.29) is 5.91 Å². The van der Waals surface area contributed by atoms with Gasteiger partial charge in [-0.2, -0.15) is 5.10 Å². The molecule has 0 aliphatic carbocycles. The Morgan fingerprint density at radius 1 is 1.42 bits per heavy atom. The van der Waals surface area contributed by atoms with Gasteiger partial charge in [-0.3, -0.25) is 9.89 Å². The van der Waals surface area contributed by atoms with Crippen LogP contribution in [0.25, 0.3) is 0 Å². The number of aromatic amines is 1. The van der Waals surface area contributed by atoms with Gasteiger partial charge in [0.05, 0.1) is 0 Å². The minimum atomic E-state index is -0.154. The number of nitrogens with zero attached hydrogens (tertiary/aromatic N) is 1. The van der Waals surface area contributed by atoms with Crippen molar-refractivity contribution < 1.29 is 4.79 Å². The van der Waals surface area contributed by atoms with E-state index >= 15 is 0 Å². The number of aryl methyl sites for hydroxylation is 1. The van der Waals surface area contributed by atoms with E-state index in [0.717, 1.165) is 17.7 Å². The first kappa shape index (κ1) is 13.3. The molecule has 4 N–H and O–H groups in total. The van der Waals surface area contributed by atoms with Gasteiger partial charge in [0.2, 0.25) is 0 Å². The number of carbonyl (C=O) groups is 1. The number of hydrogen-bond acceptors (Lipinski definition) is 3. The standard InChI is InChI=1S/C14H18N4O/c1-2-11-9-13(18-17-11)16-14(19)12-6-4-3-5-10(12)7-8-15/h3-6,9H,2,7-8,15H2,1H3,(H2,16,17,18,19). The van der Waals surface area contributed by atoms with Crippen LogP contribution in [0.1, 0.15) is 28.5 Å². The predicted molar refractivity (Wildman–Crippen MR) is 75.1 cm³/mol. The molecule has 0 atom stereocenters. The van der Waals surface area contributed by atoms with E-state index in [1.807, 2.05) is 31.2 Å². The van der Waals surface area contributed by atoms with E-state index in [0.29, 0.717) is 24.3 Å². The van der Waals surface area contributed by atoms with E-state index in [1.54, 1.807) is 6.07 Å². The lowest BCUT2D eigenvalue weighted by Crippen LogP contribution is -2.16. The van der Waals surface area contributed by atoms with Crippen molar-refractivity contribution in [3.05, 3.63) is 47.2 Å². The summed E-state index contributed by atoms with van der Waals surface area (Å²) in [5.74, 6) is 0.391. The Labute approximate surface area is 112 Å². The lowest BCUT2D eigenvalue weighted by molar-refractivity contribution is 0.102. The van der Waals surface area contributed by atoms with Gasteiger partial charge in [0.15, 0.2) is 5.82 Å². The van der Waals surface area contributed by atoms with Crippen molar-refractivity contribution in [1.29, 1.82) is 0 Å². The van der Waals surface area contributed by atoms with E-state index in [4.69, 9.17) is 5.73 Å². The molecule has 0 aliphatic heterocycles. The molecule has 0 aliphatic rings. The Morgan fingerprint density at radius 3 is 2.89 bits per heavy atom. The van der Waals surface area contributed by atoms with Crippen LogP contribution in [0.4, 0.5) is 5.82 Å². The third kappa shape index (κ3) is 3.20. The Kier molecular flexibility index (Phi) is 4.30. The summed E-state index contributed by atoms with van der Waals surface area (Å²) in [4.78, 5) is 12.2. The molecule has 1 amide bonds. The van der Waals surface area contributed by atoms with Gasteiger partial charge in [-0.15, -0.1) is 0 Å². The average Bonchev–Trinajstić information content (AvgIpc) is 2.87. The van der Waals surface area contributed by atoms with Crippen molar-refractivity contribution in [2.24, 2.45) is 5.73 Å². The molecule has 19 heavy (non-hydrogen) atoms. The molecular weight excluding hydrogens is 240 g/mol. The first-order valence-corrected chi connectivity index (χ1v) is 6.38. The number of H-pyrrole nitrogens is 1. The zero-order chi connectivity index (χ0) is 13.7. The number of amides is 1. The molecule has 2 rings (SSSR count). The number of nitrogens with one attached hydrogen (secondary N) is 2. The Morgan fingerprint density at radius 2 is 2.21 bits per heavy atom. The van der Waals surface area contributed by atoms with Crippen LogP contribution in [0.15, 0.2) is 30.3 Å². The summed E-state index contributed by atoms with van der Waals surface area (Å²) in [7, 11) is 0. The van der Waals surface area contributed by atoms with E-state index in [2.05, 4.69) is 15.5 Å². The number of carbonyl (C=O) groups excluding carboxylic acids is 1. The first-order valence-electron chi connectivity index (χ1n) is 6.38. The van der Waals surface area contributed by atoms with Crippen LogP contribution < -0.4 is 11.1 Å². The number of rotatable bonds is 5. The van der Waals surface area contributed by atoms with Gasteiger partial charge in [-0.25, -0.2) is 0 Å². The number of anilines is 1. The number of nitrogens with two attached hydrogens (primary N) is 1. The predicted octanol–water partition coefficient (Wildman–Crippen LogP) is 1.73. The maximum Gasteiger partial charge on any atom is 0.257 e. The average molecular weight is 258 g/mol. The van der Waals surface area contributed by atoms with Crippen molar-refractivity contribution >= 4 is 11.7 Å². The van der Waals surface area contributed by atoms with Gasteiger partial charge in [0.25, 0.3) is 5.91 Å². The summed E-state index contributed by atoms with van der Waals surface area (Å²) in [5.41, 5.74) is 8.15. The molecule has 100 valence electrons. The molecule has 1 heterocycles. The SMILES string of the molecule is CCc1cc(NC(=O)c2ccccc2CCN)n[nH]1. The van der Waals surface area contributed by atoms with E-state index in [9.17, 15) is 4.79 Å². The van der Waals surface area contributed by atoms with Gasteiger partial charge in [0.1, 0.15) is 0 Å². The summed E-state index contributed by atoms with van der Waals surface area (Å²) in [5, 5.41) is 9.70. The second-order valence-electron chi connectivity index (χ2n) is 4.28. The molecule has 0 spiro atoms. The monoisotopic (exact) mass is 258 g/mol. The van der Waals surface area contributed by atoms with E-state index in [1.165, 1.54) is 0 Å². The van der Waals surface area contributed by atoms with Crippen LogP contribution in [0.2, 0.25) is 0 Å². The minimum Gasteiger partial charge on any atom is -0.330 e. The molecule has 0 fully saturated rings. The van der Waals surface area contributed by atoms with Gasteiger partial charge in [0, 0.05) is 17.3 Å². The van der Waals surface area contributed by atoms with Crippen molar-refractivity contribution in [2.45, 2.75) is 19.8 Å². The third-order valence-corrected chi connectivity index (χ3v) is 2.93. The molecule has 0 saturated carbocycles. The van der Waals surface area contributed by atoms with E-state index < -0.39 is 0 Å². The topological polar surface area (TPSA) is 83.8 Å². The highest BCUT2D eigenvalue weighted by Gasteiger charge is 2.11. The lowest BCUT2D eigenvalue weighted by atomic mass is 10.0. The summed E-state index contributed by atoms with van der Waals surface area (Å²) in [6, 6.07) is 9.31. The molecule has 0 unspecified atom stereocenters. The smallest absolute Gasteiger partial charge is 0.257 e. The van der Waals surface area contributed by atoms with Crippen molar-refractivity contribution in [3.63, 3.8) is 0 Å². The fourth-order valence-corrected chi connectivity index (χ4v) is 1.91. The van der Waals surface area contributed by atoms with Crippen LogP contribution in [-0.2, 0) is 12.8 Å². The fourth-order valence-electron chi connectivity index (χ4n) is 1.91. The normalized spacial score (nSPS) is 10.4. The van der Waals surface area contributed by atoms with Crippen molar-refractivity contribution in [2.75, 3.05) is 11.9 Å². The van der Waals surface area contributed by atoms with Gasteiger partial charge in [-0.05, 0) is 31.0 Å². The molecule has 5 heteroatoms. The lowest BCUT2D eigenvalue weighted by Gasteiger charge is -2.07. The number of benzene rings is 1. The van der Waals surface area contributed by atoms with Crippen LogP contribution in [0.3, 0.4) is 0 Å². The molecule has 0 bridgehead atoms. The highest BCUT2D eigenvalue weighted by molar-refractivity contribution is 6.04. The Hall–Kier alpha value is -2.14. The van der Waals surface area contributed by atoms with Gasteiger partial charge >= 0.3 is 0 Å². The summed E-state index contributed by atoms with van der Waals surface area (Å²) >= 11 is 0. The largest absolute Gasteiger partial charge is 0.330 e. The highest BCUT2D eigenvalue weighted by atomic mass is 16.1. The van der Waals surface area contributed by atoms with Crippen LogP contribution in [-0.4, -0.2) is 22.6 Å². The Balaban J connectivity index is 2.15. The van der Waals surface area contributed by atoms with Crippen LogP contribution in [0, 0.1) is 0 Å². The second-order valence-corrected chi connectivity index (χ2v) is 4.28. The maximum atomic E-state index is 12.2. The molecule has 2 aromatic rings. The summed E-state index contributed by atoms with van der Waals surface area (Å²) in [6.07, 6.45) is 1.54. The fraction of sp³-hybridized carbons (Fsp3) is 0.286. The molecule has 1 aromatic heterocycles. The quantitative estimate of drug-likeness (QED) is 0.763. The molecular formula is C14H18N4O. The summed E-state index contributed by atoms with van der Waals surface area (Å²) < 4.78 is 0. The first-order chi connectivity index (χ1) is 9.24.